The molecule has 0 fully saturated rings. The third-order valence-corrected chi connectivity index (χ3v) is 7.16. The topological polar surface area (TPSA) is 23.8 Å². The van der Waals surface area contributed by atoms with Gasteiger partial charge in [-0.15, -0.1) is 0 Å². The van der Waals surface area contributed by atoms with Gasteiger partial charge >= 0.3 is 0 Å². The van der Waals surface area contributed by atoms with Crippen LogP contribution in [0.2, 0.25) is 0 Å². The molecule has 0 saturated heterocycles. The Balaban J connectivity index is 1.71. The lowest BCUT2D eigenvalue weighted by molar-refractivity contribution is 1.04. The maximum absolute atomic E-state index is 9.36. The van der Waals surface area contributed by atoms with Crippen molar-refractivity contribution in [1.29, 1.82) is 5.26 Å². The monoisotopic (exact) mass is 417 g/mol. The molecule has 0 amide bonds. The molecule has 1 heteroatoms. The third-order valence-electron chi connectivity index (χ3n) is 7.16. The van der Waals surface area contributed by atoms with Crippen LogP contribution in [0.5, 0.6) is 0 Å². The fourth-order valence-corrected chi connectivity index (χ4v) is 5.81. The highest BCUT2D eigenvalue weighted by Crippen LogP contribution is 2.55. The highest BCUT2D eigenvalue weighted by atomic mass is 14.4. The van der Waals surface area contributed by atoms with Crippen molar-refractivity contribution in [1.82, 2.24) is 0 Å². The smallest absolute Gasteiger partial charge is 0.0991 e. The van der Waals surface area contributed by atoms with Crippen LogP contribution < -0.4 is 0 Å². The molecule has 6 aromatic rings. The van der Waals surface area contributed by atoms with E-state index in [1.165, 1.54) is 60.1 Å². The van der Waals surface area contributed by atoms with Crippen LogP contribution in [-0.2, 0) is 0 Å². The highest BCUT2D eigenvalue weighted by Gasteiger charge is 2.34. The number of hydrogen-bond donors (Lipinski definition) is 0. The molecular weight excluding hydrogens is 398 g/mol. The van der Waals surface area contributed by atoms with Gasteiger partial charge in [0.25, 0.3) is 0 Å². The van der Waals surface area contributed by atoms with Crippen LogP contribution >= 0.6 is 0 Å². The van der Waals surface area contributed by atoms with Crippen LogP contribution in [0.15, 0.2) is 109 Å². The van der Waals surface area contributed by atoms with Crippen LogP contribution in [0.25, 0.3) is 43.4 Å². The van der Waals surface area contributed by atoms with Crippen LogP contribution in [0.3, 0.4) is 0 Å². The minimum Gasteiger partial charge on any atom is -0.192 e. The fourth-order valence-electron chi connectivity index (χ4n) is 5.81. The predicted molar refractivity (Wildman–Crippen MR) is 136 cm³/mol. The second-order valence-corrected chi connectivity index (χ2v) is 8.79. The van der Waals surface area contributed by atoms with Crippen molar-refractivity contribution >= 4 is 32.3 Å². The Bertz CT molecular complexity index is 1770. The largest absolute Gasteiger partial charge is 0.192 e. The second-order valence-electron chi connectivity index (χ2n) is 8.79. The lowest BCUT2D eigenvalue weighted by Gasteiger charge is -2.19. The van der Waals surface area contributed by atoms with Gasteiger partial charge in [-0.2, -0.15) is 5.26 Å². The van der Waals surface area contributed by atoms with E-state index in [0.29, 0.717) is 5.56 Å². The Morgan fingerprint density at radius 1 is 0.515 bits per heavy atom. The predicted octanol–water partition coefficient (Wildman–Crippen LogP) is 8.18. The van der Waals surface area contributed by atoms with E-state index in [0.717, 1.165) is 0 Å². The Kier molecular flexibility index (Phi) is 3.74. The maximum atomic E-state index is 9.36. The maximum Gasteiger partial charge on any atom is 0.0991 e. The summed E-state index contributed by atoms with van der Waals surface area (Å²) in [7, 11) is 0. The van der Waals surface area contributed by atoms with Gasteiger partial charge in [0.1, 0.15) is 0 Å². The number of benzene rings is 6. The molecule has 7 rings (SSSR count). The van der Waals surface area contributed by atoms with Crippen molar-refractivity contribution in [2.24, 2.45) is 0 Å². The molecule has 0 spiro atoms. The zero-order valence-electron chi connectivity index (χ0n) is 17.9. The number of rotatable bonds is 1. The summed E-state index contributed by atoms with van der Waals surface area (Å²) in [5.74, 6) is 0.114. The lowest BCUT2D eigenvalue weighted by Crippen LogP contribution is -2.01. The van der Waals surface area contributed by atoms with Gasteiger partial charge in [-0.25, -0.2) is 0 Å². The first-order valence-electron chi connectivity index (χ1n) is 11.3. The number of hydrogen-bond acceptors (Lipinski definition) is 1. The normalized spacial score (nSPS) is 14.3. The zero-order chi connectivity index (χ0) is 21.9. The van der Waals surface area contributed by atoms with Gasteiger partial charge in [-0.1, -0.05) is 97.1 Å². The first kappa shape index (κ1) is 18.2. The average Bonchev–Trinajstić information content (AvgIpc) is 3.25. The molecular formula is C32H19N. The first-order chi connectivity index (χ1) is 16.3. The van der Waals surface area contributed by atoms with E-state index in [2.05, 4.69) is 103 Å². The fraction of sp³-hybridized carbons (Fsp3) is 0.0312. The minimum absolute atomic E-state index is 0.114. The Hall–Kier alpha value is -4.41. The first-order valence-corrected chi connectivity index (χ1v) is 11.3. The molecule has 0 aliphatic heterocycles. The van der Waals surface area contributed by atoms with Gasteiger partial charge in [0.15, 0.2) is 0 Å². The van der Waals surface area contributed by atoms with Gasteiger partial charge < -0.3 is 0 Å². The van der Waals surface area contributed by atoms with Crippen LogP contribution in [0, 0.1) is 11.3 Å². The van der Waals surface area contributed by atoms with E-state index < -0.39 is 0 Å². The molecule has 152 valence electrons. The quantitative estimate of drug-likeness (QED) is 0.247. The summed E-state index contributed by atoms with van der Waals surface area (Å²) in [6.07, 6.45) is 0. The summed E-state index contributed by atoms with van der Waals surface area (Å²) in [6.45, 7) is 0. The van der Waals surface area contributed by atoms with E-state index >= 15 is 0 Å². The minimum atomic E-state index is 0.114. The summed E-state index contributed by atoms with van der Waals surface area (Å²) < 4.78 is 0. The van der Waals surface area contributed by atoms with E-state index in [9.17, 15) is 5.26 Å². The van der Waals surface area contributed by atoms with Gasteiger partial charge in [0.05, 0.1) is 11.6 Å². The summed E-state index contributed by atoms with van der Waals surface area (Å²) in [5.41, 5.74) is 7.33. The summed E-state index contributed by atoms with van der Waals surface area (Å²) in [5, 5.41) is 17.1. The molecule has 1 aliphatic rings. The number of fused-ring (bicyclic) bond motifs is 10. The zero-order valence-corrected chi connectivity index (χ0v) is 17.9. The van der Waals surface area contributed by atoms with Gasteiger partial charge in [-0.05, 0) is 72.3 Å². The molecule has 1 unspecified atom stereocenters. The average molecular weight is 418 g/mol. The Morgan fingerprint density at radius 3 is 1.85 bits per heavy atom. The van der Waals surface area contributed by atoms with E-state index in [1.807, 2.05) is 12.1 Å². The van der Waals surface area contributed by atoms with Crippen molar-refractivity contribution in [2.75, 3.05) is 0 Å². The van der Waals surface area contributed by atoms with Crippen molar-refractivity contribution < 1.29 is 0 Å². The van der Waals surface area contributed by atoms with Crippen LogP contribution in [-0.4, -0.2) is 0 Å². The number of nitrogens with zero attached hydrogens (tertiary/aromatic N) is 1. The SMILES string of the molecule is N#Cc1ccc(C2c3c(ccc4ccccc34)-c3c2c2ccccc2c2ccccc32)cc1. The molecule has 0 bridgehead atoms. The molecule has 0 radical (unpaired) electrons. The second kappa shape index (κ2) is 6.79. The van der Waals surface area contributed by atoms with Crippen molar-refractivity contribution in [3.05, 3.63) is 131 Å². The van der Waals surface area contributed by atoms with Crippen LogP contribution in [0.4, 0.5) is 0 Å². The van der Waals surface area contributed by atoms with E-state index in [-0.39, 0.29) is 5.92 Å². The van der Waals surface area contributed by atoms with Gasteiger partial charge in [0.2, 0.25) is 0 Å². The molecule has 0 saturated carbocycles. The molecule has 0 N–H and O–H groups in total. The summed E-state index contributed by atoms with van der Waals surface area (Å²) in [4.78, 5) is 0. The molecule has 0 aromatic heterocycles. The molecule has 1 aliphatic carbocycles. The van der Waals surface area contributed by atoms with Crippen molar-refractivity contribution in [2.45, 2.75) is 5.92 Å². The van der Waals surface area contributed by atoms with Gasteiger partial charge in [-0.3, -0.25) is 0 Å². The lowest BCUT2D eigenvalue weighted by atomic mass is 9.83. The molecule has 1 atom stereocenters. The molecule has 0 heterocycles. The standard InChI is InChI=1S/C32H19N/c33-19-20-13-15-22(16-14-20)29-30-23-8-2-1-7-21(23)17-18-28(30)31-26-11-5-3-9-24(26)25-10-4-6-12-27(25)32(29)31/h1-18,29H. The molecule has 6 aromatic carbocycles. The summed E-state index contributed by atoms with van der Waals surface area (Å²) in [6, 6.07) is 41.3. The van der Waals surface area contributed by atoms with Crippen molar-refractivity contribution in [3.8, 4) is 17.2 Å². The summed E-state index contributed by atoms with van der Waals surface area (Å²) >= 11 is 0. The van der Waals surface area contributed by atoms with Crippen molar-refractivity contribution in [3.63, 3.8) is 0 Å². The molecule has 33 heavy (non-hydrogen) atoms. The van der Waals surface area contributed by atoms with E-state index in [4.69, 9.17) is 0 Å². The van der Waals surface area contributed by atoms with Gasteiger partial charge in [0, 0.05) is 5.92 Å². The number of nitriles is 1. The van der Waals surface area contributed by atoms with E-state index in [1.54, 1.807) is 0 Å². The third kappa shape index (κ3) is 2.47. The van der Waals surface area contributed by atoms with Crippen LogP contribution in [0.1, 0.15) is 28.2 Å². The molecule has 1 nitrogen and oxygen atoms in total. The highest BCUT2D eigenvalue weighted by molar-refractivity contribution is 6.19. The Morgan fingerprint density at radius 2 is 1.12 bits per heavy atom. The Labute approximate surface area is 192 Å².